The first-order valence-electron chi connectivity index (χ1n) is 9.93. The molecular formula is C22H27N3O4. The molecule has 0 spiro atoms. The van der Waals surface area contributed by atoms with Crippen molar-refractivity contribution in [2.45, 2.75) is 27.2 Å². The van der Waals surface area contributed by atoms with Crippen LogP contribution in [-0.2, 0) is 11.2 Å². The second kappa shape index (κ2) is 9.41. The maximum Gasteiger partial charge on any atom is 0.407 e. The number of hydrogen-bond donors (Lipinski definition) is 1. The molecule has 154 valence electrons. The number of nitrogens with zero attached hydrogens (tertiary/aromatic N) is 2. The minimum absolute atomic E-state index is 0.107. The van der Waals surface area contributed by atoms with Crippen LogP contribution in [-0.4, -0.2) is 45.1 Å². The summed E-state index contributed by atoms with van der Waals surface area (Å²) in [6, 6.07) is 5.93. The molecule has 0 bridgehead atoms. The summed E-state index contributed by atoms with van der Waals surface area (Å²) in [5.41, 5.74) is 3.64. The van der Waals surface area contributed by atoms with Gasteiger partial charge in [-0.1, -0.05) is 0 Å². The van der Waals surface area contributed by atoms with Crippen molar-refractivity contribution in [2.24, 2.45) is 4.99 Å². The van der Waals surface area contributed by atoms with Crippen LogP contribution in [0.5, 0.6) is 0 Å². The summed E-state index contributed by atoms with van der Waals surface area (Å²) in [4.78, 5) is 30.6. The summed E-state index contributed by atoms with van der Waals surface area (Å²) < 4.78 is 10.8. The summed E-state index contributed by atoms with van der Waals surface area (Å²) in [5.74, 6) is 0. The Balaban J connectivity index is 1.65. The summed E-state index contributed by atoms with van der Waals surface area (Å²) in [6.07, 6.45) is 3.38. The quantitative estimate of drug-likeness (QED) is 0.692. The van der Waals surface area contributed by atoms with Gasteiger partial charge in [0.15, 0.2) is 0 Å². The van der Waals surface area contributed by atoms with Crippen molar-refractivity contribution < 1.29 is 13.9 Å². The molecule has 0 fully saturated rings. The van der Waals surface area contributed by atoms with E-state index >= 15 is 0 Å². The number of hydrogen-bond acceptors (Lipinski definition) is 6. The van der Waals surface area contributed by atoms with Gasteiger partial charge >= 0.3 is 11.7 Å². The first-order valence-corrected chi connectivity index (χ1v) is 9.93. The number of alkyl carbamates (subject to hydrolysis) is 1. The lowest BCUT2D eigenvalue weighted by atomic mass is 10.0. The molecular weight excluding hydrogens is 370 g/mol. The van der Waals surface area contributed by atoms with E-state index in [1.165, 1.54) is 0 Å². The van der Waals surface area contributed by atoms with Crippen molar-refractivity contribution >= 4 is 29.0 Å². The van der Waals surface area contributed by atoms with Crippen LogP contribution in [0.2, 0.25) is 0 Å². The molecule has 1 aliphatic rings. The van der Waals surface area contributed by atoms with Crippen LogP contribution in [0.4, 0.5) is 10.5 Å². The van der Waals surface area contributed by atoms with Gasteiger partial charge in [-0.25, -0.2) is 9.59 Å². The van der Waals surface area contributed by atoms with Crippen LogP contribution in [0.3, 0.4) is 0 Å². The number of allylic oxidation sites excluding steroid dienone is 1. The fourth-order valence-electron chi connectivity index (χ4n) is 3.44. The second-order valence-electron chi connectivity index (χ2n) is 6.90. The van der Waals surface area contributed by atoms with E-state index < -0.39 is 6.09 Å². The highest BCUT2D eigenvalue weighted by Crippen LogP contribution is 2.25. The highest BCUT2D eigenvalue weighted by atomic mass is 16.5. The summed E-state index contributed by atoms with van der Waals surface area (Å²) in [6.45, 7) is 8.96. The summed E-state index contributed by atoms with van der Waals surface area (Å²) in [7, 11) is 0. The molecule has 7 heteroatoms. The molecule has 1 aromatic carbocycles. The summed E-state index contributed by atoms with van der Waals surface area (Å²) >= 11 is 0. The van der Waals surface area contributed by atoms with E-state index in [9.17, 15) is 9.59 Å². The van der Waals surface area contributed by atoms with E-state index in [2.05, 4.69) is 29.1 Å². The Hall–Kier alpha value is -3.09. The van der Waals surface area contributed by atoms with Crippen molar-refractivity contribution in [3.8, 4) is 0 Å². The average Bonchev–Trinajstić information content (AvgIpc) is 3.23. The zero-order valence-corrected chi connectivity index (χ0v) is 17.2. The van der Waals surface area contributed by atoms with Crippen molar-refractivity contribution in [2.75, 3.05) is 37.7 Å². The predicted octanol–water partition coefficient (Wildman–Crippen LogP) is 3.23. The van der Waals surface area contributed by atoms with Gasteiger partial charge in [-0.05, 0) is 50.1 Å². The van der Waals surface area contributed by atoms with E-state index in [0.717, 1.165) is 35.3 Å². The molecule has 7 nitrogen and oxygen atoms in total. The van der Waals surface area contributed by atoms with Crippen molar-refractivity contribution in [1.29, 1.82) is 0 Å². The third-order valence-electron chi connectivity index (χ3n) is 5.15. The minimum Gasteiger partial charge on any atom is -0.449 e. The zero-order valence-electron chi connectivity index (χ0n) is 17.2. The smallest absolute Gasteiger partial charge is 0.407 e. The first kappa shape index (κ1) is 20.6. The van der Waals surface area contributed by atoms with Gasteiger partial charge in [0.1, 0.15) is 5.58 Å². The Morgan fingerprint density at radius 1 is 1.31 bits per heavy atom. The number of benzene rings is 1. The molecule has 0 unspecified atom stereocenters. The molecule has 0 saturated carbocycles. The van der Waals surface area contributed by atoms with Gasteiger partial charge in [0.25, 0.3) is 0 Å². The lowest BCUT2D eigenvalue weighted by Gasteiger charge is -2.21. The molecule has 1 amide bonds. The van der Waals surface area contributed by atoms with Gasteiger partial charge in [-0.3, -0.25) is 4.99 Å². The van der Waals surface area contributed by atoms with E-state index in [0.29, 0.717) is 30.7 Å². The van der Waals surface area contributed by atoms with Crippen LogP contribution in [0.1, 0.15) is 25.0 Å². The SMILES string of the molecule is CCN(CC)c1ccc2c(C)c(CCOC(=O)NCC3=CC=NC3)c(=O)oc2c1. The number of carbonyl (C=O) groups excluding carboxylic acids is 1. The Kier molecular flexibility index (Phi) is 6.69. The third-order valence-corrected chi connectivity index (χ3v) is 5.15. The number of anilines is 1. The normalized spacial score (nSPS) is 12.9. The second-order valence-corrected chi connectivity index (χ2v) is 6.90. The number of amides is 1. The highest BCUT2D eigenvalue weighted by Gasteiger charge is 2.14. The molecule has 0 atom stereocenters. The van der Waals surface area contributed by atoms with Crippen molar-refractivity contribution in [3.63, 3.8) is 0 Å². The largest absolute Gasteiger partial charge is 0.449 e. The fraction of sp³-hybridized carbons (Fsp3) is 0.409. The standard InChI is InChI=1S/C22H27N3O4/c1-4-25(5-2)17-6-7-18-15(3)19(21(26)29-20(18)12-17)9-11-28-22(27)24-14-16-8-10-23-13-16/h6-8,10,12H,4-5,9,11,13-14H2,1-3H3,(H,24,27). The van der Waals surface area contributed by atoms with Crippen LogP contribution < -0.4 is 15.8 Å². The lowest BCUT2D eigenvalue weighted by Crippen LogP contribution is -2.27. The van der Waals surface area contributed by atoms with Gasteiger partial charge in [0.2, 0.25) is 0 Å². The van der Waals surface area contributed by atoms with Crippen molar-refractivity contribution in [1.82, 2.24) is 5.32 Å². The number of carbonyl (C=O) groups is 1. The first-order chi connectivity index (χ1) is 14.0. The van der Waals surface area contributed by atoms with Crippen molar-refractivity contribution in [3.05, 3.63) is 51.4 Å². The predicted molar refractivity (Wildman–Crippen MR) is 115 cm³/mol. The van der Waals surface area contributed by atoms with Gasteiger partial charge in [-0.15, -0.1) is 0 Å². The van der Waals surface area contributed by atoms with E-state index in [-0.39, 0.29) is 12.2 Å². The van der Waals surface area contributed by atoms with Gasteiger partial charge in [0, 0.05) is 55.0 Å². The minimum atomic E-state index is -0.510. The molecule has 1 N–H and O–H groups in total. The van der Waals surface area contributed by atoms with Crippen LogP contribution >= 0.6 is 0 Å². The number of nitrogens with one attached hydrogen (secondary N) is 1. The molecule has 1 aromatic heterocycles. The zero-order chi connectivity index (χ0) is 20.8. The van der Waals surface area contributed by atoms with E-state index in [1.807, 2.05) is 31.2 Å². The Bertz CT molecular complexity index is 1000. The van der Waals surface area contributed by atoms with Crippen LogP contribution in [0.25, 0.3) is 11.0 Å². The number of fused-ring (bicyclic) bond motifs is 1. The van der Waals surface area contributed by atoms with Gasteiger partial charge in [-0.2, -0.15) is 0 Å². The highest BCUT2D eigenvalue weighted by molar-refractivity contribution is 5.84. The average molecular weight is 397 g/mol. The molecule has 1 aliphatic heterocycles. The van der Waals surface area contributed by atoms with Crippen LogP contribution in [0.15, 0.2) is 44.1 Å². The number of aliphatic imine (C=N–C) groups is 1. The van der Waals surface area contributed by atoms with Gasteiger partial charge < -0.3 is 19.4 Å². The fourth-order valence-corrected chi connectivity index (χ4v) is 3.44. The maximum absolute atomic E-state index is 12.5. The molecule has 2 heterocycles. The molecule has 3 rings (SSSR count). The topological polar surface area (TPSA) is 84.1 Å². The Morgan fingerprint density at radius 3 is 2.79 bits per heavy atom. The molecule has 29 heavy (non-hydrogen) atoms. The Labute approximate surface area is 170 Å². The molecule has 0 saturated heterocycles. The lowest BCUT2D eigenvalue weighted by molar-refractivity contribution is 0.148. The monoisotopic (exact) mass is 397 g/mol. The van der Waals surface area contributed by atoms with E-state index in [1.54, 1.807) is 6.21 Å². The summed E-state index contributed by atoms with van der Waals surface area (Å²) in [5, 5.41) is 3.58. The number of aryl methyl sites for hydroxylation is 1. The third kappa shape index (κ3) is 4.85. The van der Waals surface area contributed by atoms with Gasteiger partial charge in [0.05, 0.1) is 13.2 Å². The molecule has 0 aliphatic carbocycles. The molecule has 0 radical (unpaired) electrons. The van der Waals surface area contributed by atoms with E-state index in [4.69, 9.17) is 9.15 Å². The maximum atomic E-state index is 12.5. The number of ether oxygens (including phenoxy) is 1. The van der Waals surface area contributed by atoms with Crippen LogP contribution in [0, 0.1) is 6.92 Å². The number of rotatable bonds is 8. The Morgan fingerprint density at radius 2 is 2.10 bits per heavy atom. The molecule has 2 aromatic rings.